The number of carbonyl (C=O) groups is 1. The molecule has 4 heteroatoms. The molecule has 1 atom stereocenters. The van der Waals surface area contributed by atoms with Crippen LogP contribution in [0.2, 0.25) is 0 Å². The van der Waals surface area contributed by atoms with Gasteiger partial charge in [0.1, 0.15) is 0 Å². The number of benzene rings is 1. The molecule has 1 aliphatic rings. The van der Waals surface area contributed by atoms with E-state index < -0.39 is 5.97 Å². The molecule has 3 nitrogen and oxygen atoms in total. The molecule has 90 valence electrons. The summed E-state index contributed by atoms with van der Waals surface area (Å²) in [5, 5.41) is 12.3. The van der Waals surface area contributed by atoms with Crippen molar-refractivity contribution in [2.24, 2.45) is 0 Å². The first-order chi connectivity index (χ1) is 8.16. The number of hydrogen-bond acceptors (Lipinski definition) is 2. The van der Waals surface area contributed by atoms with E-state index in [1.165, 1.54) is 0 Å². The van der Waals surface area contributed by atoms with Crippen LogP contribution in [0.15, 0.2) is 34.8 Å². The highest BCUT2D eigenvalue weighted by molar-refractivity contribution is 9.10. The van der Waals surface area contributed by atoms with Crippen LogP contribution < -0.4 is 5.32 Å². The van der Waals surface area contributed by atoms with Crippen molar-refractivity contribution in [3.05, 3.63) is 40.4 Å². The van der Waals surface area contributed by atoms with Crippen LogP contribution in [-0.2, 0) is 0 Å². The van der Waals surface area contributed by atoms with E-state index in [1.807, 2.05) is 12.1 Å². The molecular weight excluding hydrogens is 282 g/mol. The molecule has 0 spiro atoms. The Morgan fingerprint density at radius 1 is 1.41 bits per heavy atom. The number of rotatable bonds is 3. The van der Waals surface area contributed by atoms with Gasteiger partial charge in [0.25, 0.3) is 0 Å². The number of halogens is 1. The number of allylic oxidation sites excluding steroid dienone is 1. The van der Waals surface area contributed by atoms with E-state index in [1.54, 1.807) is 6.07 Å². The lowest BCUT2D eigenvalue weighted by atomic mass is 10.0. The summed E-state index contributed by atoms with van der Waals surface area (Å²) in [5.41, 5.74) is 1.25. The van der Waals surface area contributed by atoms with Crippen molar-refractivity contribution in [3.63, 3.8) is 0 Å². The van der Waals surface area contributed by atoms with Gasteiger partial charge in [-0.1, -0.05) is 12.2 Å². The number of anilines is 1. The fraction of sp³-hybridized carbons (Fsp3) is 0.308. The van der Waals surface area contributed by atoms with Crippen molar-refractivity contribution in [1.82, 2.24) is 0 Å². The van der Waals surface area contributed by atoms with Gasteiger partial charge >= 0.3 is 5.97 Å². The summed E-state index contributed by atoms with van der Waals surface area (Å²) in [6, 6.07) is 5.70. The zero-order valence-electron chi connectivity index (χ0n) is 9.32. The van der Waals surface area contributed by atoms with Gasteiger partial charge in [0.2, 0.25) is 0 Å². The molecule has 0 aromatic heterocycles. The standard InChI is InChI=1S/C13H14BrNO2/c14-12-8-10(6-7-11(12)13(16)17)15-9-4-2-1-3-5-9/h1-2,6-9,15H,3-5H2,(H,16,17). The summed E-state index contributed by atoms with van der Waals surface area (Å²) in [4.78, 5) is 10.9. The summed E-state index contributed by atoms with van der Waals surface area (Å²) in [6.07, 6.45) is 7.63. The molecule has 2 N–H and O–H groups in total. The summed E-state index contributed by atoms with van der Waals surface area (Å²) in [5.74, 6) is -0.913. The number of hydrogen-bond donors (Lipinski definition) is 2. The first kappa shape index (κ1) is 12.2. The molecule has 1 aliphatic carbocycles. The van der Waals surface area contributed by atoms with Crippen LogP contribution in [0.4, 0.5) is 5.69 Å². The summed E-state index contributed by atoms with van der Waals surface area (Å²) in [6.45, 7) is 0. The number of aromatic carboxylic acids is 1. The molecule has 0 bridgehead atoms. The Kier molecular flexibility index (Phi) is 3.84. The topological polar surface area (TPSA) is 49.3 Å². The molecule has 0 amide bonds. The fourth-order valence-electron chi connectivity index (χ4n) is 1.94. The molecule has 0 aliphatic heterocycles. The van der Waals surface area contributed by atoms with Crippen LogP contribution in [0, 0.1) is 0 Å². The largest absolute Gasteiger partial charge is 0.478 e. The normalized spacial score (nSPS) is 19.0. The Hall–Kier alpha value is -1.29. The predicted octanol–water partition coefficient (Wildman–Crippen LogP) is 3.67. The van der Waals surface area contributed by atoms with Crippen LogP contribution in [0.1, 0.15) is 29.6 Å². The summed E-state index contributed by atoms with van der Waals surface area (Å²) < 4.78 is 0.612. The highest BCUT2D eigenvalue weighted by atomic mass is 79.9. The predicted molar refractivity (Wildman–Crippen MR) is 71.5 cm³/mol. The van der Waals surface area contributed by atoms with E-state index >= 15 is 0 Å². The highest BCUT2D eigenvalue weighted by Crippen LogP contribution is 2.24. The average Bonchev–Trinajstić information content (AvgIpc) is 2.30. The van der Waals surface area contributed by atoms with Gasteiger partial charge in [-0.05, 0) is 53.4 Å². The second kappa shape index (κ2) is 5.36. The number of carboxylic acids is 1. The molecule has 0 fully saturated rings. The third kappa shape index (κ3) is 3.09. The van der Waals surface area contributed by atoms with Crippen molar-refractivity contribution in [2.45, 2.75) is 25.3 Å². The quantitative estimate of drug-likeness (QED) is 0.837. The van der Waals surface area contributed by atoms with E-state index in [4.69, 9.17) is 5.11 Å². The lowest BCUT2D eigenvalue weighted by molar-refractivity contribution is 0.0696. The van der Waals surface area contributed by atoms with Gasteiger partial charge in [-0.15, -0.1) is 0 Å². The Bertz CT molecular complexity index is 457. The molecule has 0 saturated heterocycles. The monoisotopic (exact) mass is 295 g/mol. The summed E-state index contributed by atoms with van der Waals surface area (Å²) in [7, 11) is 0. The second-order valence-electron chi connectivity index (χ2n) is 4.13. The third-order valence-corrected chi connectivity index (χ3v) is 3.50. The maximum absolute atomic E-state index is 10.9. The SMILES string of the molecule is O=C(O)c1ccc(NC2CC=CCC2)cc1Br. The first-order valence-corrected chi connectivity index (χ1v) is 6.40. The van der Waals surface area contributed by atoms with Crippen molar-refractivity contribution >= 4 is 27.6 Å². The highest BCUT2D eigenvalue weighted by Gasteiger charge is 2.12. The summed E-state index contributed by atoms with van der Waals surface area (Å²) >= 11 is 3.28. The maximum atomic E-state index is 10.9. The van der Waals surface area contributed by atoms with E-state index in [9.17, 15) is 4.79 Å². The van der Waals surface area contributed by atoms with E-state index in [0.717, 1.165) is 24.9 Å². The van der Waals surface area contributed by atoms with Gasteiger partial charge in [0.05, 0.1) is 5.56 Å². The molecule has 0 saturated carbocycles. The zero-order valence-corrected chi connectivity index (χ0v) is 10.9. The average molecular weight is 296 g/mol. The Balaban J connectivity index is 2.09. The minimum Gasteiger partial charge on any atom is -0.478 e. The fourth-order valence-corrected chi connectivity index (χ4v) is 2.49. The van der Waals surface area contributed by atoms with E-state index in [0.29, 0.717) is 16.1 Å². The van der Waals surface area contributed by atoms with Crippen molar-refractivity contribution in [1.29, 1.82) is 0 Å². The van der Waals surface area contributed by atoms with Crippen LogP contribution in [0.25, 0.3) is 0 Å². The van der Waals surface area contributed by atoms with E-state index in [2.05, 4.69) is 33.4 Å². The molecular formula is C13H14BrNO2. The number of nitrogens with one attached hydrogen (secondary N) is 1. The van der Waals surface area contributed by atoms with Gasteiger partial charge in [-0.3, -0.25) is 0 Å². The third-order valence-electron chi connectivity index (χ3n) is 2.84. The Morgan fingerprint density at radius 3 is 2.82 bits per heavy atom. The van der Waals surface area contributed by atoms with E-state index in [-0.39, 0.29) is 0 Å². The molecule has 1 aromatic carbocycles. The maximum Gasteiger partial charge on any atom is 0.336 e. The molecule has 17 heavy (non-hydrogen) atoms. The minimum atomic E-state index is -0.913. The molecule has 2 rings (SSSR count). The number of carboxylic acid groups (broad SMARTS) is 1. The van der Waals surface area contributed by atoms with Gasteiger partial charge in [-0.2, -0.15) is 0 Å². The Labute approximate surface area is 109 Å². The van der Waals surface area contributed by atoms with Gasteiger partial charge in [-0.25, -0.2) is 4.79 Å². The minimum absolute atomic E-state index is 0.291. The molecule has 0 heterocycles. The van der Waals surface area contributed by atoms with Crippen molar-refractivity contribution in [2.75, 3.05) is 5.32 Å². The first-order valence-electron chi connectivity index (χ1n) is 5.61. The lowest BCUT2D eigenvalue weighted by Gasteiger charge is -2.20. The van der Waals surface area contributed by atoms with Crippen LogP contribution >= 0.6 is 15.9 Å². The molecule has 1 aromatic rings. The van der Waals surface area contributed by atoms with Gasteiger partial charge in [0.15, 0.2) is 0 Å². The molecule has 1 unspecified atom stereocenters. The zero-order chi connectivity index (χ0) is 12.3. The molecule has 0 radical (unpaired) electrons. The van der Waals surface area contributed by atoms with Crippen LogP contribution in [0.3, 0.4) is 0 Å². The van der Waals surface area contributed by atoms with Crippen LogP contribution in [0.5, 0.6) is 0 Å². The van der Waals surface area contributed by atoms with Gasteiger partial charge in [0, 0.05) is 16.2 Å². The Morgan fingerprint density at radius 2 is 2.24 bits per heavy atom. The smallest absolute Gasteiger partial charge is 0.336 e. The van der Waals surface area contributed by atoms with Gasteiger partial charge < -0.3 is 10.4 Å². The van der Waals surface area contributed by atoms with Crippen molar-refractivity contribution < 1.29 is 9.90 Å². The van der Waals surface area contributed by atoms with Crippen molar-refractivity contribution in [3.8, 4) is 0 Å². The van der Waals surface area contributed by atoms with Crippen LogP contribution in [-0.4, -0.2) is 17.1 Å². The lowest BCUT2D eigenvalue weighted by Crippen LogP contribution is -2.20. The second-order valence-corrected chi connectivity index (χ2v) is 4.98.